The second-order valence-electron chi connectivity index (χ2n) is 10.1. The van der Waals surface area contributed by atoms with E-state index in [1.807, 2.05) is 23.1 Å². The van der Waals surface area contributed by atoms with Crippen LogP contribution in [0.3, 0.4) is 0 Å². The second-order valence-corrected chi connectivity index (χ2v) is 10.1. The van der Waals surface area contributed by atoms with E-state index in [4.69, 9.17) is 4.74 Å². The lowest BCUT2D eigenvalue weighted by molar-refractivity contribution is -0.0495. The fourth-order valence-electron chi connectivity index (χ4n) is 6.34. The van der Waals surface area contributed by atoms with Gasteiger partial charge in [0.1, 0.15) is 0 Å². The summed E-state index contributed by atoms with van der Waals surface area (Å²) in [5.41, 5.74) is 2.29. The standard InChI is InChI=1S/C31H36N2O3/c1-2-3-21-36-29(35)33-28-19-20-30(33,24-34)23-32(22-28)31(25-13-7-4-8-14-25,26-15-9-5-10-16-26)27-17-11-6-12-18-27/h4-18,28,34H,2-3,19-24H2,1H3. The van der Waals surface area contributed by atoms with Crippen LogP contribution in [0.4, 0.5) is 4.79 Å². The topological polar surface area (TPSA) is 53.0 Å². The maximum atomic E-state index is 13.2. The van der Waals surface area contributed by atoms with Crippen LogP contribution in [0.15, 0.2) is 91.0 Å². The number of carbonyl (C=O) groups is 1. The molecule has 188 valence electrons. The fourth-order valence-corrected chi connectivity index (χ4v) is 6.34. The van der Waals surface area contributed by atoms with Gasteiger partial charge in [-0.3, -0.25) is 9.80 Å². The van der Waals surface area contributed by atoms with Crippen LogP contribution in [0.2, 0.25) is 0 Å². The van der Waals surface area contributed by atoms with E-state index in [2.05, 4.69) is 84.6 Å². The number of nitrogens with zero attached hydrogens (tertiary/aromatic N) is 2. The number of ether oxygens (including phenoxy) is 1. The number of benzene rings is 3. The maximum Gasteiger partial charge on any atom is 0.410 e. The van der Waals surface area contributed by atoms with Gasteiger partial charge in [0.25, 0.3) is 0 Å². The van der Waals surface area contributed by atoms with Crippen LogP contribution in [0.5, 0.6) is 0 Å². The molecule has 1 N–H and O–H groups in total. The van der Waals surface area contributed by atoms with Gasteiger partial charge in [-0.25, -0.2) is 4.79 Å². The molecule has 5 rings (SSSR count). The molecule has 2 aliphatic rings. The van der Waals surface area contributed by atoms with Gasteiger partial charge in [-0.2, -0.15) is 0 Å². The number of rotatable bonds is 8. The lowest BCUT2D eigenvalue weighted by Gasteiger charge is -2.54. The van der Waals surface area contributed by atoms with E-state index in [-0.39, 0.29) is 18.7 Å². The van der Waals surface area contributed by atoms with Crippen molar-refractivity contribution in [1.29, 1.82) is 0 Å². The van der Waals surface area contributed by atoms with Gasteiger partial charge in [0.2, 0.25) is 0 Å². The number of hydrogen-bond acceptors (Lipinski definition) is 4. The molecule has 1 amide bonds. The normalized spacial score (nSPS) is 21.9. The molecule has 5 nitrogen and oxygen atoms in total. The Morgan fingerprint density at radius 3 is 1.94 bits per heavy atom. The van der Waals surface area contributed by atoms with Crippen LogP contribution < -0.4 is 0 Å². The largest absolute Gasteiger partial charge is 0.449 e. The Hall–Kier alpha value is -3.15. The summed E-state index contributed by atoms with van der Waals surface area (Å²) in [5.74, 6) is 0. The SMILES string of the molecule is CCCCOC(=O)N1C2CCC1(CO)CN(C(c1ccccc1)(c1ccccc1)c1ccccc1)C2. The fraction of sp³-hybridized carbons (Fsp3) is 0.387. The third-order valence-corrected chi connectivity index (χ3v) is 8.00. The van der Waals surface area contributed by atoms with Crippen molar-refractivity contribution in [3.05, 3.63) is 108 Å². The van der Waals surface area contributed by atoms with Crippen molar-refractivity contribution in [1.82, 2.24) is 9.80 Å². The summed E-state index contributed by atoms with van der Waals surface area (Å²) < 4.78 is 5.66. The zero-order valence-electron chi connectivity index (χ0n) is 21.1. The van der Waals surface area contributed by atoms with Gasteiger partial charge in [0.05, 0.1) is 24.3 Å². The van der Waals surface area contributed by atoms with Gasteiger partial charge >= 0.3 is 6.09 Å². The van der Waals surface area contributed by atoms with Gasteiger partial charge < -0.3 is 9.84 Å². The first kappa shape index (κ1) is 24.5. The first-order valence-corrected chi connectivity index (χ1v) is 13.1. The van der Waals surface area contributed by atoms with Gasteiger partial charge in [0, 0.05) is 19.1 Å². The van der Waals surface area contributed by atoms with Gasteiger partial charge in [-0.15, -0.1) is 0 Å². The number of carbonyl (C=O) groups excluding carboxylic acids is 1. The number of likely N-dealkylation sites (tertiary alicyclic amines) is 1. The third kappa shape index (κ3) is 4.10. The quantitative estimate of drug-likeness (QED) is 0.342. The van der Waals surface area contributed by atoms with E-state index in [1.165, 1.54) is 16.7 Å². The molecular weight excluding hydrogens is 448 g/mol. The summed E-state index contributed by atoms with van der Waals surface area (Å²) in [5, 5.41) is 10.8. The second kappa shape index (κ2) is 10.5. The molecule has 3 aromatic rings. The molecule has 2 saturated heterocycles. The number of aliphatic hydroxyl groups excluding tert-OH is 1. The van der Waals surface area contributed by atoms with Crippen molar-refractivity contribution < 1.29 is 14.6 Å². The van der Waals surface area contributed by atoms with E-state index < -0.39 is 11.1 Å². The minimum Gasteiger partial charge on any atom is -0.449 e. The van der Waals surface area contributed by atoms with Crippen LogP contribution in [0.25, 0.3) is 0 Å². The zero-order chi connectivity index (χ0) is 25.0. The van der Waals surface area contributed by atoms with Crippen LogP contribution in [-0.2, 0) is 10.3 Å². The van der Waals surface area contributed by atoms with Gasteiger partial charge in [-0.05, 0) is 36.0 Å². The molecule has 0 saturated carbocycles. The van der Waals surface area contributed by atoms with E-state index in [1.54, 1.807) is 0 Å². The molecule has 2 aliphatic heterocycles. The summed E-state index contributed by atoms with van der Waals surface area (Å²) in [6.07, 6.45) is 3.16. The molecule has 0 spiro atoms. The molecule has 0 aliphatic carbocycles. The molecule has 3 aromatic carbocycles. The lowest BCUT2D eigenvalue weighted by Crippen LogP contribution is -2.68. The van der Waals surface area contributed by atoms with E-state index in [0.717, 1.165) is 25.7 Å². The number of aliphatic hydroxyl groups is 1. The zero-order valence-corrected chi connectivity index (χ0v) is 21.1. The van der Waals surface area contributed by atoms with Crippen molar-refractivity contribution in [3.8, 4) is 0 Å². The molecule has 36 heavy (non-hydrogen) atoms. The van der Waals surface area contributed by atoms with Crippen molar-refractivity contribution in [2.24, 2.45) is 0 Å². The van der Waals surface area contributed by atoms with E-state index in [0.29, 0.717) is 19.7 Å². The molecule has 2 heterocycles. The minimum absolute atomic E-state index is 0.0180. The summed E-state index contributed by atoms with van der Waals surface area (Å²) in [6, 6.07) is 31.8. The molecular formula is C31H36N2O3. The Bertz CT molecular complexity index is 1040. The predicted octanol–water partition coefficient (Wildman–Crippen LogP) is 5.43. The van der Waals surface area contributed by atoms with Crippen LogP contribution >= 0.6 is 0 Å². The van der Waals surface area contributed by atoms with Crippen LogP contribution in [-0.4, -0.2) is 58.9 Å². The number of piperazine rings is 1. The Morgan fingerprint density at radius 2 is 1.47 bits per heavy atom. The third-order valence-electron chi connectivity index (χ3n) is 8.00. The summed E-state index contributed by atoms with van der Waals surface area (Å²) in [4.78, 5) is 17.6. The van der Waals surface area contributed by atoms with Gasteiger partial charge in [-0.1, -0.05) is 104 Å². The Labute approximate surface area is 214 Å². The Morgan fingerprint density at radius 1 is 0.944 bits per heavy atom. The summed E-state index contributed by atoms with van der Waals surface area (Å²) in [7, 11) is 0. The smallest absolute Gasteiger partial charge is 0.410 e. The number of unbranched alkanes of at least 4 members (excludes halogenated alkanes) is 1. The lowest BCUT2D eigenvalue weighted by atomic mass is 9.74. The van der Waals surface area contributed by atoms with E-state index in [9.17, 15) is 9.90 Å². The van der Waals surface area contributed by atoms with Crippen molar-refractivity contribution in [3.63, 3.8) is 0 Å². The highest BCUT2D eigenvalue weighted by atomic mass is 16.6. The average Bonchev–Trinajstić information content (AvgIpc) is 3.18. The molecule has 0 radical (unpaired) electrons. The number of amides is 1. The molecule has 2 unspecified atom stereocenters. The first-order valence-electron chi connectivity index (χ1n) is 13.1. The first-order chi connectivity index (χ1) is 17.7. The monoisotopic (exact) mass is 484 g/mol. The number of hydrogen-bond donors (Lipinski definition) is 1. The van der Waals surface area contributed by atoms with Crippen LogP contribution in [0, 0.1) is 0 Å². The van der Waals surface area contributed by atoms with Crippen molar-refractivity contribution in [2.75, 3.05) is 26.3 Å². The summed E-state index contributed by atoms with van der Waals surface area (Å²) >= 11 is 0. The van der Waals surface area contributed by atoms with Crippen molar-refractivity contribution in [2.45, 2.75) is 49.7 Å². The predicted molar refractivity (Wildman–Crippen MR) is 142 cm³/mol. The maximum absolute atomic E-state index is 13.2. The average molecular weight is 485 g/mol. The van der Waals surface area contributed by atoms with Gasteiger partial charge in [0.15, 0.2) is 0 Å². The molecule has 2 atom stereocenters. The molecule has 5 heteroatoms. The highest BCUT2D eigenvalue weighted by Crippen LogP contribution is 2.48. The Balaban J connectivity index is 1.63. The van der Waals surface area contributed by atoms with E-state index >= 15 is 0 Å². The number of fused-ring (bicyclic) bond motifs is 2. The van der Waals surface area contributed by atoms with Crippen molar-refractivity contribution >= 4 is 6.09 Å². The molecule has 2 bridgehead atoms. The van der Waals surface area contributed by atoms with Crippen LogP contribution in [0.1, 0.15) is 49.3 Å². The molecule has 0 aromatic heterocycles. The molecule has 2 fully saturated rings. The highest BCUT2D eigenvalue weighted by Gasteiger charge is 2.58. The minimum atomic E-state index is -0.671. The highest BCUT2D eigenvalue weighted by molar-refractivity contribution is 5.70. The Kier molecular flexibility index (Phi) is 7.13. The summed E-state index contributed by atoms with van der Waals surface area (Å²) in [6.45, 7) is 3.68.